The molecule has 4 nitrogen and oxygen atoms in total. The van der Waals surface area contributed by atoms with Crippen LogP contribution in [0.3, 0.4) is 0 Å². The van der Waals surface area contributed by atoms with Gasteiger partial charge in [0.05, 0.1) is 7.11 Å². The molecule has 0 spiro atoms. The number of methoxy groups -OCH3 is 1. The van der Waals surface area contributed by atoms with Crippen molar-refractivity contribution >= 4 is 5.97 Å². The molecule has 0 amide bonds. The first-order valence-corrected chi connectivity index (χ1v) is 5.78. The van der Waals surface area contributed by atoms with E-state index in [0.29, 0.717) is 0 Å². The van der Waals surface area contributed by atoms with Gasteiger partial charge >= 0.3 is 5.97 Å². The topological polar surface area (TPSA) is 55.6 Å². The molecule has 3 atom stereocenters. The Hall–Kier alpha value is -0.610. The lowest BCUT2D eigenvalue weighted by Crippen LogP contribution is -2.39. The van der Waals surface area contributed by atoms with Crippen LogP contribution >= 0.6 is 0 Å². The second-order valence-electron chi connectivity index (χ2n) is 4.75. The largest absolute Gasteiger partial charge is 0.468 e. The van der Waals surface area contributed by atoms with E-state index < -0.39 is 6.04 Å². The van der Waals surface area contributed by atoms with Crippen molar-refractivity contribution < 1.29 is 9.53 Å². The third-order valence-electron chi connectivity index (χ3n) is 3.75. The van der Waals surface area contributed by atoms with Crippen molar-refractivity contribution in [3.63, 3.8) is 0 Å². The number of piperidine rings is 1. The van der Waals surface area contributed by atoms with Gasteiger partial charge in [0.1, 0.15) is 6.04 Å². The van der Waals surface area contributed by atoms with E-state index in [2.05, 4.69) is 9.64 Å². The SMILES string of the molecule is COC(=O)C(N)CCN1CC2CCC1C2. The van der Waals surface area contributed by atoms with Gasteiger partial charge in [-0.1, -0.05) is 0 Å². The van der Waals surface area contributed by atoms with Crippen LogP contribution in [0.1, 0.15) is 25.7 Å². The maximum absolute atomic E-state index is 11.1. The van der Waals surface area contributed by atoms with Crippen molar-refractivity contribution in [1.82, 2.24) is 4.90 Å². The predicted molar refractivity (Wildman–Crippen MR) is 57.3 cm³/mol. The van der Waals surface area contributed by atoms with Gasteiger partial charge in [0.15, 0.2) is 0 Å². The molecule has 2 bridgehead atoms. The van der Waals surface area contributed by atoms with Gasteiger partial charge in [-0.15, -0.1) is 0 Å². The van der Waals surface area contributed by atoms with Crippen molar-refractivity contribution in [3.8, 4) is 0 Å². The number of hydrogen-bond acceptors (Lipinski definition) is 4. The zero-order valence-corrected chi connectivity index (χ0v) is 9.32. The molecule has 0 radical (unpaired) electrons. The zero-order valence-electron chi connectivity index (χ0n) is 9.32. The summed E-state index contributed by atoms with van der Waals surface area (Å²) in [6.45, 7) is 2.15. The number of carbonyl (C=O) groups is 1. The van der Waals surface area contributed by atoms with E-state index in [1.165, 1.54) is 32.9 Å². The summed E-state index contributed by atoms with van der Waals surface area (Å²) in [5.41, 5.74) is 5.70. The molecule has 15 heavy (non-hydrogen) atoms. The highest BCUT2D eigenvalue weighted by Gasteiger charge is 2.37. The Morgan fingerprint density at radius 1 is 1.60 bits per heavy atom. The van der Waals surface area contributed by atoms with Gasteiger partial charge < -0.3 is 15.4 Å². The molecule has 4 heteroatoms. The molecule has 0 aromatic carbocycles. The van der Waals surface area contributed by atoms with E-state index in [1.807, 2.05) is 0 Å². The third-order valence-corrected chi connectivity index (χ3v) is 3.75. The summed E-state index contributed by atoms with van der Waals surface area (Å²) in [7, 11) is 1.39. The molecule has 2 rings (SSSR count). The molecule has 0 aromatic heterocycles. The average molecular weight is 212 g/mol. The number of likely N-dealkylation sites (tertiary alicyclic amines) is 1. The predicted octanol–water partition coefficient (Wildman–Crippen LogP) is 0.361. The first kappa shape index (κ1) is 10.9. The summed E-state index contributed by atoms with van der Waals surface area (Å²) in [4.78, 5) is 13.6. The first-order chi connectivity index (χ1) is 7.20. The summed E-state index contributed by atoms with van der Waals surface area (Å²) in [6, 6.07) is 0.314. The van der Waals surface area contributed by atoms with Gasteiger partial charge in [-0.2, -0.15) is 0 Å². The lowest BCUT2D eigenvalue weighted by molar-refractivity contribution is -0.142. The fraction of sp³-hybridized carbons (Fsp3) is 0.909. The Morgan fingerprint density at radius 3 is 2.93 bits per heavy atom. The Kier molecular flexibility index (Phi) is 3.26. The highest BCUT2D eigenvalue weighted by molar-refractivity contribution is 5.75. The summed E-state index contributed by atoms with van der Waals surface area (Å²) < 4.78 is 4.61. The fourth-order valence-corrected chi connectivity index (χ4v) is 2.87. The van der Waals surface area contributed by atoms with Gasteiger partial charge in [0, 0.05) is 19.1 Å². The molecule has 1 aliphatic carbocycles. The van der Waals surface area contributed by atoms with E-state index in [-0.39, 0.29) is 5.97 Å². The van der Waals surface area contributed by atoms with E-state index in [4.69, 9.17) is 5.73 Å². The lowest BCUT2D eigenvalue weighted by atomic mass is 10.1. The van der Waals surface area contributed by atoms with Crippen LogP contribution in [0.2, 0.25) is 0 Å². The minimum absolute atomic E-state index is 0.292. The average Bonchev–Trinajstić information content (AvgIpc) is 2.86. The third kappa shape index (κ3) is 2.32. The van der Waals surface area contributed by atoms with E-state index >= 15 is 0 Å². The van der Waals surface area contributed by atoms with E-state index in [0.717, 1.165) is 24.9 Å². The van der Waals surface area contributed by atoms with Gasteiger partial charge in [-0.25, -0.2) is 0 Å². The van der Waals surface area contributed by atoms with E-state index in [9.17, 15) is 4.79 Å². The highest BCUT2D eigenvalue weighted by atomic mass is 16.5. The van der Waals surface area contributed by atoms with Crippen molar-refractivity contribution in [3.05, 3.63) is 0 Å². The van der Waals surface area contributed by atoms with Crippen LogP contribution in [0.15, 0.2) is 0 Å². The van der Waals surface area contributed by atoms with Crippen LogP contribution in [0.4, 0.5) is 0 Å². The standard InChI is InChI=1S/C11H20N2O2/c1-15-11(14)10(12)4-5-13-7-8-2-3-9(13)6-8/h8-10H,2-7,12H2,1H3. The molecule has 1 saturated heterocycles. The Balaban J connectivity index is 1.72. The Morgan fingerprint density at radius 2 is 2.40 bits per heavy atom. The molecule has 0 aromatic rings. The maximum Gasteiger partial charge on any atom is 0.322 e. The molecule has 2 aliphatic rings. The van der Waals surface area contributed by atoms with Crippen molar-refractivity contribution in [2.45, 2.75) is 37.8 Å². The Labute approximate surface area is 90.8 Å². The highest BCUT2D eigenvalue weighted by Crippen LogP contribution is 2.37. The van der Waals surface area contributed by atoms with Crippen LogP contribution in [0, 0.1) is 5.92 Å². The van der Waals surface area contributed by atoms with Crippen LogP contribution < -0.4 is 5.73 Å². The number of fused-ring (bicyclic) bond motifs is 2. The van der Waals surface area contributed by atoms with Gasteiger partial charge in [0.25, 0.3) is 0 Å². The molecule has 1 saturated carbocycles. The number of ether oxygens (including phenoxy) is 1. The number of nitrogens with two attached hydrogens (primary N) is 1. The quantitative estimate of drug-likeness (QED) is 0.684. The van der Waals surface area contributed by atoms with Crippen molar-refractivity contribution in [2.24, 2.45) is 11.7 Å². The minimum atomic E-state index is -0.450. The fourth-order valence-electron chi connectivity index (χ4n) is 2.87. The summed E-state index contributed by atoms with van der Waals surface area (Å²) in [5.74, 6) is 0.615. The molecule has 2 N–H and O–H groups in total. The molecule has 2 fully saturated rings. The van der Waals surface area contributed by atoms with Gasteiger partial charge in [-0.3, -0.25) is 4.79 Å². The second-order valence-corrected chi connectivity index (χ2v) is 4.75. The van der Waals surface area contributed by atoms with Gasteiger partial charge in [-0.05, 0) is 31.6 Å². The number of carbonyl (C=O) groups excluding carboxylic acids is 1. The number of rotatable bonds is 4. The maximum atomic E-state index is 11.1. The molecule has 1 heterocycles. The van der Waals surface area contributed by atoms with Gasteiger partial charge in [0.2, 0.25) is 0 Å². The summed E-state index contributed by atoms with van der Waals surface area (Å²) in [5, 5.41) is 0. The van der Waals surface area contributed by atoms with Crippen LogP contribution in [0.25, 0.3) is 0 Å². The number of nitrogens with zero attached hydrogens (tertiary/aromatic N) is 1. The van der Waals surface area contributed by atoms with Crippen molar-refractivity contribution in [2.75, 3.05) is 20.2 Å². The first-order valence-electron chi connectivity index (χ1n) is 5.78. The minimum Gasteiger partial charge on any atom is -0.468 e. The van der Waals surface area contributed by atoms with Crippen LogP contribution in [0.5, 0.6) is 0 Å². The lowest BCUT2D eigenvalue weighted by Gasteiger charge is -2.27. The second kappa shape index (κ2) is 4.49. The molecular formula is C11H20N2O2. The van der Waals surface area contributed by atoms with E-state index in [1.54, 1.807) is 0 Å². The number of hydrogen-bond donors (Lipinski definition) is 1. The normalized spacial score (nSPS) is 31.9. The summed E-state index contributed by atoms with van der Waals surface area (Å²) in [6.07, 6.45) is 4.80. The Bertz CT molecular complexity index is 245. The molecular weight excluding hydrogens is 192 g/mol. The van der Waals surface area contributed by atoms with Crippen LogP contribution in [-0.2, 0) is 9.53 Å². The zero-order chi connectivity index (χ0) is 10.8. The molecule has 1 aliphatic heterocycles. The van der Waals surface area contributed by atoms with Crippen LogP contribution in [-0.4, -0.2) is 43.2 Å². The monoisotopic (exact) mass is 212 g/mol. The van der Waals surface area contributed by atoms with Crippen molar-refractivity contribution in [1.29, 1.82) is 0 Å². The molecule has 86 valence electrons. The smallest absolute Gasteiger partial charge is 0.322 e. The molecule has 3 unspecified atom stereocenters. The number of esters is 1. The summed E-state index contributed by atoms with van der Waals surface area (Å²) >= 11 is 0.